The lowest BCUT2D eigenvalue weighted by Crippen LogP contribution is -2.66. The molecule has 28 heavy (non-hydrogen) atoms. The van der Waals surface area contributed by atoms with Gasteiger partial charge in [0.2, 0.25) is 0 Å². The molecule has 0 aromatic heterocycles. The van der Waals surface area contributed by atoms with Crippen LogP contribution in [0.4, 0.5) is 0 Å². The van der Waals surface area contributed by atoms with Gasteiger partial charge in [-0.2, -0.15) is 0 Å². The molecule has 2 fully saturated rings. The number of nitrogens with zero attached hydrogens (tertiary/aromatic N) is 1. The number of quaternary nitrogens is 1. The molecule has 0 aromatic rings. The number of nitrogens with one attached hydrogen (secondary N) is 1. The number of likely N-dealkylation sites (N-methyl/N-ethyl adjacent to an activating group) is 1. The van der Waals surface area contributed by atoms with E-state index in [0.29, 0.717) is 13.0 Å². The topological polar surface area (TPSA) is 142 Å². The minimum atomic E-state index is -1.50. The van der Waals surface area contributed by atoms with Crippen LogP contribution in [0.1, 0.15) is 33.1 Å². The molecular weight excluding hydrogens is 388 g/mol. The van der Waals surface area contributed by atoms with Crippen molar-refractivity contribution < 1.29 is 34.6 Å². The second-order valence-electron chi connectivity index (χ2n) is 8.21. The normalized spacial score (nSPS) is 43.5. The van der Waals surface area contributed by atoms with E-state index >= 15 is 0 Å². The number of carbonyl (C=O) groups excluding carboxylic acids is 1. The summed E-state index contributed by atoms with van der Waals surface area (Å²) in [4.78, 5) is 12.9. The Kier molecular flexibility index (Phi) is 8.14. The third kappa shape index (κ3) is 4.99. The van der Waals surface area contributed by atoms with Crippen molar-refractivity contribution in [1.29, 1.82) is 0 Å². The van der Waals surface area contributed by atoms with E-state index in [4.69, 9.17) is 4.74 Å². The molecule has 2 rings (SSSR count). The van der Waals surface area contributed by atoms with Gasteiger partial charge in [0, 0.05) is 12.3 Å². The summed E-state index contributed by atoms with van der Waals surface area (Å²) in [7, 11) is 1.48. The minimum absolute atomic E-state index is 0.169. The van der Waals surface area contributed by atoms with Crippen molar-refractivity contribution in [3.8, 4) is 0 Å². The summed E-state index contributed by atoms with van der Waals surface area (Å²) < 4.78 is 5.00. The van der Waals surface area contributed by atoms with Gasteiger partial charge >= 0.3 is 0 Å². The van der Waals surface area contributed by atoms with Gasteiger partial charge in [-0.3, -0.25) is 4.79 Å². The number of ether oxygens (including phenoxy) is 1. The Bertz CT molecular complexity index is 534. The van der Waals surface area contributed by atoms with E-state index in [0.717, 1.165) is 24.6 Å². The number of amides is 1. The number of hydrogen-bond acceptors (Lipinski definition) is 8. The molecule has 2 aliphatic rings. The lowest BCUT2D eigenvalue weighted by atomic mass is 9.92. The molecule has 4 unspecified atom stereocenters. The molecule has 0 aromatic carbocycles. The zero-order chi connectivity index (χ0) is 21.2. The van der Waals surface area contributed by atoms with E-state index in [1.54, 1.807) is 6.26 Å². The van der Waals surface area contributed by atoms with Crippen molar-refractivity contribution in [3.63, 3.8) is 0 Å². The molecule has 2 saturated heterocycles. The highest BCUT2D eigenvalue weighted by atomic mass is 32.2. The van der Waals surface area contributed by atoms with E-state index in [-0.39, 0.29) is 5.92 Å². The summed E-state index contributed by atoms with van der Waals surface area (Å²) in [6.07, 6.45) is -2.54. The number of rotatable bonds is 7. The number of hydrogen-bond donors (Lipinski definition) is 5. The monoisotopic (exact) mass is 422 g/mol. The largest absolute Gasteiger partial charge is 0.632 e. The first-order valence-electron chi connectivity index (χ1n) is 9.80. The van der Waals surface area contributed by atoms with Crippen LogP contribution in [0.25, 0.3) is 0 Å². The van der Waals surface area contributed by atoms with Gasteiger partial charge in [0.25, 0.3) is 5.91 Å². The van der Waals surface area contributed by atoms with Crippen LogP contribution >= 0.6 is 11.8 Å². The molecular formula is C18H34N2O7S. The fraction of sp³-hybridized carbons (Fsp3) is 0.944. The molecule has 0 bridgehead atoms. The quantitative estimate of drug-likeness (QED) is 0.264. The Morgan fingerprint density at radius 1 is 1.32 bits per heavy atom. The van der Waals surface area contributed by atoms with E-state index < -0.39 is 58.6 Å². The van der Waals surface area contributed by atoms with Crippen LogP contribution in [0.5, 0.6) is 0 Å². The fourth-order valence-corrected chi connectivity index (χ4v) is 5.01. The molecule has 1 amide bonds. The van der Waals surface area contributed by atoms with Crippen LogP contribution in [0.2, 0.25) is 0 Å². The molecule has 0 aliphatic carbocycles. The van der Waals surface area contributed by atoms with Crippen molar-refractivity contribution in [1.82, 2.24) is 5.32 Å². The number of hydroxylamine groups is 3. The van der Waals surface area contributed by atoms with E-state index in [1.807, 2.05) is 6.92 Å². The van der Waals surface area contributed by atoms with Gasteiger partial charge in [-0.1, -0.05) is 13.3 Å². The van der Waals surface area contributed by atoms with Crippen LogP contribution < -0.4 is 5.32 Å². The average molecular weight is 423 g/mol. The predicted octanol–water partition coefficient (Wildman–Crippen LogP) is -0.844. The predicted molar refractivity (Wildman–Crippen MR) is 105 cm³/mol. The number of aliphatic hydroxyl groups excluding tert-OH is 4. The summed E-state index contributed by atoms with van der Waals surface area (Å²) >= 11 is 1.15. The summed E-state index contributed by atoms with van der Waals surface area (Å²) in [5.74, 6) is -0.332. The highest BCUT2D eigenvalue weighted by Gasteiger charge is 2.49. The first-order chi connectivity index (χ1) is 13.0. The Labute approximate surface area is 170 Å². The zero-order valence-electron chi connectivity index (χ0n) is 16.9. The molecule has 9 nitrogen and oxygen atoms in total. The third-order valence-electron chi connectivity index (χ3n) is 5.86. The molecule has 0 radical (unpaired) electrons. The van der Waals surface area contributed by atoms with Gasteiger partial charge in [0.05, 0.1) is 25.7 Å². The van der Waals surface area contributed by atoms with Gasteiger partial charge < -0.3 is 40.3 Å². The first-order valence-corrected chi connectivity index (χ1v) is 11.1. The van der Waals surface area contributed by atoms with Crippen molar-refractivity contribution in [3.05, 3.63) is 5.21 Å². The SMILES string of the molecule is CCC[C@@H]1CC(C(=O)N[C@@H](C2O[C@H](SC)C(O)[C@H](O)[C@H]2O)[C@@H](C)O)[N+](C)([O-])C1. The van der Waals surface area contributed by atoms with Crippen LogP contribution in [0, 0.1) is 11.1 Å². The summed E-state index contributed by atoms with van der Waals surface area (Å²) in [6, 6.07) is -1.84. The third-order valence-corrected chi connectivity index (χ3v) is 6.71. The molecule has 2 heterocycles. The highest BCUT2D eigenvalue weighted by molar-refractivity contribution is 7.99. The second kappa shape index (κ2) is 9.57. The minimum Gasteiger partial charge on any atom is -0.632 e. The number of carbonyl (C=O) groups is 1. The Hall–Kier alpha value is -0.460. The summed E-state index contributed by atoms with van der Waals surface area (Å²) in [5, 5.41) is 56.2. The molecule has 0 saturated carbocycles. The van der Waals surface area contributed by atoms with Gasteiger partial charge in [-0.05, 0) is 19.6 Å². The Balaban J connectivity index is 2.15. The lowest BCUT2D eigenvalue weighted by Gasteiger charge is -2.45. The van der Waals surface area contributed by atoms with Crippen LogP contribution in [-0.4, -0.2) is 98.9 Å². The number of aliphatic hydroxyl groups is 4. The first kappa shape index (κ1) is 23.8. The van der Waals surface area contributed by atoms with Crippen molar-refractivity contribution in [2.75, 3.05) is 19.8 Å². The van der Waals surface area contributed by atoms with Crippen LogP contribution in [0.15, 0.2) is 0 Å². The van der Waals surface area contributed by atoms with E-state index in [1.165, 1.54) is 14.0 Å². The van der Waals surface area contributed by atoms with Gasteiger partial charge in [0.1, 0.15) is 29.9 Å². The molecule has 5 N–H and O–H groups in total. The number of likely N-dealkylation sites (tertiary alicyclic amines) is 1. The standard InChI is InChI=1S/C18H34N2O7S/c1-5-6-10-7-11(20(3,26)8-10)17(25)19-12(9(2)21)16-14(23)13(22)15(24)18(27-16)28-4/h9-16,18,21-24H,5-8H2,1-4H3,(H,19,25)/t9-,10-,11?,12-,13-,14-,15?,16?,18-,20?/m1/s1. The highest BCUT2D eigenvalue weighted by Crippen LogP contribution is 2.33. The molecule has 10 heteroatoms. The van der Waals surface area contributed by atoms with Gasteiger partial charge in [0.15, 0.2) is 6.04 Å². The van der Waals surface area contributed by atoms with E-state index in [9.17, 15) is 30.4 Å². The maximum atomic E-state index is 12.9. The fourth-order valence-electron chi connectivity index (χ4n) is 4.33. The second-order valence-corrected chi connectivity index (χ2v) is 9.15. The Morgan fingerprint density at radius 2 is 1.96 bits per heavy atom. The zero-order valence-corrected chi connectivity index (χ0v) is 17.7. The maximum absolute atomic E-state index is 12.9. The van der Waals surface area contributed by atoms with E-state index in [2.05, 4.69) is 5.32 Å². The summed E-state index contributed by atoms with van der Waals surface area (Å²) in [5.41, 5.74) is -0.817. The van der Waals surface area contributed by atoms with Gasteiger partial charge in [-0.25, -0.2) is 0 Å². The Morgan fingerprint density at radius 3 is 2.50 bits per heavy atom. The average Bonchev–Trinajstić information content (AvgIpc) is 2.92. The number of thioether (sulfide) groups is 1. The molecule has 164 valence electrons. The van der Waals surface area contributed by atoms with Crippen molar-refractivity contribution in [2.45, 2.75) is 81.1 Å². The summed E-state index contributed by atoms with van der Waals surface area (Å²) in [6.45, 7) is 3.84. The molecule has 0 spiro atoms. The molecule has 10 atom stereocenters. The maximum Gasteiger partial charge on any atom is 0.279 e. The van der Waals surface area contributed by atoms with Gasteiger partial charge in [-0.15, -0.1) is 11.8 Å². The van der Waals surface area contributed by atoms with Crippen molar-refractivity contribution >= 4 is 17.7 Å². The smallest absolute Gasteiger partial charge is 0.279 e. The van der Waals surface area contributed by atoms with Crippen molar-refractivity contribution in [2.24, 2.45) is 5.92 Å². The molecule has 2 aliphatic heterocycles. The van der Waals surface area contributed by atoms with Crippen LogP contribution in [-0.2, 0) is 9.53 Å². The lowest BCUT2D eigenvalue weighted by molar-refractivity contribution is -0.865. The van der Waals surface area contributed by atoms with Crippen LogP contribution in [0.3, 0.4) is 0 Å².